The van der Waals surface area contributed by atoms with Crippen LogP contribution >= 0.6 is 12.2 Å². The number of thiocarbonyl (C=S) groups is 1. The molecule has 3 nitrogen and oxygen atoms in total. The summed E-state index contributed by atoms with van der Waals surface area (Å²) in [5, 5.41) is 7.67. The standard InChI is InChI=1S/C17H17N3S/c1-18-17(21)20-19-16(15-10-6-3-7-11-15)13-12-14-8-4-2-5-9-14/h2-13H,1H3,(H2,18,20,21)/b13-12+,19-16+. The Kier molecular flexibility index (Phi) is 5.67. The van der Waals surface area contributed by atoms with Crippen molar-refractivity contribution < 1.29 is 0 Å². The predicted octanol–water partition coefficient (Wildman–Crippen LogP) is 3.20. The fourth-order valence-electron chi connectivity index (χ4n) is 1.71. The van der Waals surface area contributed by atoms with Crippen molar-refractivity contribution in [3.63, 3.8) is 0 Å². The van der Waals surface area contributed by atoms with Crippen molar-refractivity contribution >= 4 is 29.1 Å². The zero-order valence-corrected chi connectivity index (χ0v) is 12.6. The maximum atomic E-state index is 5.05. The molecule has 0 heterocycles. The molecule has 0 aliphatic rings. The van der Waals surface area contributed by atoms with Gasteiger partial charge in [-0.1, -0.05) is 66.7 Å². The summed E-state index contributed by atoms with van der Waals surface area (Å²) in [5.41, 5.74) is 5.79. The zero-order chi connectivity index (χ0) is 14.9. The first-order valence-corrected chi connectivity index (χ1v) is 7.04. The van der Waals surface area contributed by atoms with Crippen LogP contribution in [0.4, 0.5) is 0 Å². The van der Waals surface area contributed by atoms with Gasteiger partial charge in [0.05, 0.1) is 5.71 Å². The minimum atomic E-state index is 0.483. The van der Waals surface area contributed by atoms with Crippen molar-refractivity contribution in [2.75, 3.05) is 7.05 Å². The highest BCUT2D eigenvalue weighted by atomic mass is 32.1. The van der Waals surface area contributed by atoms with Gasteiger partial charge in [0.2, 0.25) is 0 Å². The largest absolute Gasteiger partial charge is 0.364 e. The molecule has 0 saturated heterocycles. The smallest absolute Gasteiger partial charge is 0.186 e. The highest BCUT2D eigenvalue weighted by molar-refractivity contribution is 7.80. The van der Waals surface area contributed by atoms with E-state index in [0.717, 1.165) is 16.8 Å². The van der Waals surface area contributed by atoms with Crippen LogP contribution < -0.4 is 10.7 Å². The SMILES string of the molecule is CNC(=S)N/N=C(\C=C\c1ccccc1)c1ccccc1. The van der Waals surface area contributed by atoms with Gasteiger partial charge in [-0.05, 0) is 23.9 Å². The Morgan fingerprint density at radius 3 is 2.24 bits per heavy atom. The Balaban J connectivity index is 2.24. The summed E-state index contributed by atoms with van der Waals surface area (Å²) >= 11 is 5.05. The lowest BCUT2D eigenvalue weighted by Crippen LogP contribution is -2.29. The van der Waals surface area contributed by atoms with Crippen LogP contribution in [0.2, 0.25) is 0 Å². The van der Waals surface area contributed by atoms with Crippen molar-refractivity contribution in [3.8, 4) is 0 Å². The molecule has 21 heavy (non-hydrogen) atoms. The summed E-state index contributed by atoms with van der Waals surface area (Å²) in [6.07, 6.45) is 3.99. The van der Waals surface area contributed by atoms with E-state index in [1.54, 1.807) is 7.05 Å². The number of hydrogen-bond donors (Lipinski definition) is 2. The summed E-state index contributed by atoms with van der Waals surface area (Å²) in [7, 11) is 1.76. The van der Waals surface area contributed by atoms with Gasteiger partial charge in [0.15, 0.2) is 5.11 Å². The van der Waals surface area contributed by atoms with Crippen molar-refractivity contribution in [3.05, 3.63) is 77.9 Å². The maximum absolute atomic E-state index is 5.05. The van der Waals surface area contributed by atoms with Crippen molar-refractivity contribution in [2.24, 2.45) is 5.10 Å². The Labute approximate surface area is 130 Å². The predicted molar refractivity (Wildman–Crippen MR) is 93.2 cm³/mol. The third-order valence-corrected chi connectivity index (χ3v) is 3.10. The fraction of sp³-hybridized carbons (Fsp3) is 0.0588. The topological polar surface area (TPSA) is 36.4 Å². The van der Waals surface area contributed by atoms with Gasteiger partial charge < -0.3 is 5.32 Å². The van der Waals surface area contributed by atoms with E-state index in [4.69, 9.17) is 12.2 Å². The molecule has 106 valence electrons. The Hall–Kier alpha value is -2.46. The van der Waals surface area contributed by atoms with E-state index in [0.29, 0.717) is 5.11 Å². The second kappa shape index (κ2) is 7.97. The highest BCUT2D eigenvalue weighted by Gasteiger charge is 1.99. The molecule has 0 amide bonds. The van der Waals surface area contributed by atoms with Gasteiger partial charge in [-0.2, -0.15) is 5.10 Å². The molecule has 2 N–H and O–H groups in total. The Morgan fingerprint density at radius 1 is 1.00 bits per heavy atom. The highest BCUT2D eigenvalue weighted by Crippen LogP contribution is 2.06. The van der Waals surface area contributed by atoms with Crippen LogP contribution in [-0.4, -0.2) is 17.9 Å². The third-order valence-electron chi connectivity index (χ3n) is 2.81. The summed E-state index contributed by atoms with van der Waals surface area (Å²) in [6, 6.07) is 20.1. The average Bonchev–Trinajstić information content (AvgIpc) is 2.56. The molecule has 0 aliphatic heterocycles. The third kappa shape index (κ3) is 4.85. The second-order valence-corrected chi connectivity index (χ2v) is 4.71. The summed E-state index contributed by atoms with van der Waals surface area (Å²) in [4.78, 5) is 0. The first kappa shape index (κ1) is 14.9. The van der Waals surface area contributed by atoms with Crippen molar-refractivity contribution in [2.45, 2.75) is 0 Å². The molecule has 0 atom stereocenters. The molecule has 0 bridgehead atoms. The lowest BCUT2D eigenvalue weighted by molar-refractivity contribution is 0.977. The molecule has 0 aliphatic carbocycles. The van der Waals surface area contributed by atoms with Crippen LogP contribution in [0, 0.1) is 0 Å². The second-order valence-electron chi connectivity index (χ2n) is 4.30. The van der Waals surface area contributed by atoms with E-state index in [1.165, 1.54) is 0 Å². The minimum Gasteiger partial charge on any atom is -0.364 e. The molecule has 2 aromatic rings. The lowest BCUT2D eigenvalue weighted by Gasteiger charge is -2.05. The van der Waals surface area contributed by atoms with Gasteiger partial charge in [0, 0.05) is 12.6 Å². The number of hydrogen-bond acceptors (Lipinski definition) is 2. The summed E-state index contributed by atoms with van der Waals surface area (Å²) < 4.78 is 0. The lowest BCUT2D eigenvalue weighted by atomic mass is 10.1. The molecule has 4 heteroatoms. The van der Waals surface area contributed by atoms with Gasteiger partial charge in [0.25, 0.3) is 0 Å². The van der Waals surface area contributed by atoms with Gasteiger partial charge in [-0.15, -0.1) is 0 Å². The minimum absolute atomic E-state index is 0.483. The van der Waals surface area contributed by atoms with Gasteiger partial charge in [-0.3, -0.25) is 5.43 Å². The van der Waals surface area contributed by atoms with Gasteiger partial charge in [-0.25, -0.2) is 0 Å². The molecular formula is C17H17N3S. The van der Waals surface area contributed by atoms with Crippen molar-refractivity contribution in [1.82, 2.24) is 10.7 Å². The average molecular weight is 295 g/mol. The van der Waals surface area contributed by atoms with Crippen LogP contribution in [0.3, 0.4) is 0 Å². The van der Waals surface area contributed by atoms with Crippen LogP contribution in [0.15, 0.2) is 71.8 Å². The number of nitrogens with zero attached hydrogens (tertiary/aromatic N) is 1. The number of allylic oxidation sites excluding steroid dienone is 1. The fourth-order valence-corrected chi connectivity index (χ4v) is 1.76. The van der Waals surface area contributed by atoms with Crippen molar-refractivity contribution in [1.29, 1.82) is 0 Å². The first-order chi connectivity index (χ1) is 10.3. The van der Waals surface area contributed by atoms with Crippen LogP contribution in [0.25, 0.3) is 6.08 Å². The van der Waals surface area contributed by atoms with Crippen LogP contribution in [0.1, 0.15) is 11.1 Å². The molecule has 0 spiro atoms. The molecular weight excluding hydrogens is 278 g/mol. The molecule has 0 unspecified atom stereocenters. The normalized spacial score (nSPS) is 11.4. The van der Waals surface area contributed by atoms with Gasteiger partial charge in [0.1, 0.15) is 0 Å². The summed E-state index contributed by atoms with van der Waals surface area (Å²) in [5.74, 6) is 0. The van der Waals surface area contributed by atoms with E-state index in [-0.39, 0.29) is 0 Å². The monoisotopic (exact) mass is 295 g/mol. The zero-order valence-electron chi connectivity index (χ0n) is 11.8. The molecule has 0 saturated carbocycles. The maximum Gasteiger partial charge on any atom is 0.186 e. The van der Waals surface area contributed by atoms with Gasteiger partial charge >= 0.3 is 0 Å². The summed E-state index contributed by atoms with van der Waals surface area (Å²) in [6.45, 7) is 0. The molecule has 0 fully saturated rings. The molecule has 0 aromatic heterocycles. The Morgan fingerprint density at radius 2 is 1.62 bits per heavy atom. The quantitative estimate of drug-likeness (QED) is 0.517. The molecule has 0 radical (unpaired) electrons. The molecule has 2 rings (SSSR count). The van der Waals surface area contributed by atoms with Crippen LogP contribution in [0.5, 0.6) is 0 Å². The number of hydrazone groups is 1. The van der Waals surface area contributed by atoms with E-state index in [9.17, 15) is 0 Å². The number of rotatable bonds is 4. The van der Waals surface area contributed by atoms with E-state index in [1.807, 2.05) is 72.8 Å². The van der Waals surface area contributed by atoms with E-state index >= 15 is 0 Å². The number of nitrogens with one attached hydrogen (secondary N) is 2. The molecule has 2 aromatic carbocycles. The van der Waals surface area contributed by atoms with Crippen LogP contribution in [-0.2, 0) is 0 Å². The Bertz CT molecular complexity index is 634. The van der Waals surface area contributed by atoms with E-state index in [2.05, 4.69) is 15.8 Å². The number of benzene rings is 2. The van der Waals surface area contributed by atoms with E-state index < -0.39 is 0 Å². The first-order valence-electron chi connectivity index (χ1n) is 6.63.